The van der Waals surface area contributed by atoms with Crippen LogP contribution in [0.4, 0.5) is 20.6 Å². The maximum atomic E-state index is 16.3. The molecule has 6 aromatic rings. The Morgan fingerprint density at radius 2 is 1.73 bits per heavy atom. The molecule has 0 unspecified atom stereocenters. The van der Waals surface area contributed by atoms with Gasteiger partial charge < -0.3 is 29.4 Å². The highest BCUT2D eigenvalue weighted by molar-refractivity contribution is 6.05. The summed E-state index contributed by atoms with van der Waals surface area (Å²) in [6.45, 7) is 15.5. The molecule has 4 aliphatic heterocycles. The second-order valence-electron chi connectivity index (χ2n) is 19.5. The van der Waals surface area contributed by atoms with Gasteiger partial charge in [0.25, 0.3) is 0 Å². The highest BCUT2D eigenvalue weighted by Crippen LogP contribution is 2.47. The summed E-state index contributed by atoms with van der Waals surface area (Å²) in [6, 6.07) is 19.2. The highest BCUT2D eigenvalue weighted by Gasteiger charge is 2.43. The zero-order valence-electron chi connectivity index (χ0n) is 38.0. The van der Waals surface area contributed by atoms with E-state index in [1.165, 1.54) is 11.9 Å². The third-order valence-electron chi connectivity index (χ3n) is 14.1. The number of urea groups is 1. The third-order valence-corrected chi connectivity index (χ3v) is 14.1. The van der Waals surface area contributed by atoms with E-state index in [1.54, 1.807) is 24.8 Å². The molecule has 7 heterocycles. The van der Waals surface area contributed by atoms with Crippen molar-refractivity contribution in [2.45, 2.75) is 83.6 Å². The number of hydrogen-bond donors (Lipinski definition) is 3. The number of carbonyl (C=O) groups is 3. The number of anilines is 2. The Labute approximate surface area is 382 Å². The molecule has 1 atom stereocenters. The number of H-pyrrole nitrogens is 1. The molecule has 10 rings (SSSR count). The Morgan fingerprint density at radius 3 is 2.45 bits per heavy atom. The van der Waals surface area contributed by atoms with E-state index in [9.17, 15) is 14.4 Å². The van der Waals surface area contributed by atoms with E-state index in [0.29, 0.717) is 64.7 Å². The van der Waals surface area contributed by atoms with Gasteiger partial charge in [0.2, 0.25) is 5.91 Å². The molecule has 3 saturated heterocycles. The maximum Gasteiger partial charge on any atom is 0.328 e. The average molecular weight is 895 g/mol. The first-order valence-corrected chi connectivity index (χ1v) is 23.0. The van der Waals surface area contributed by atoms with Crippen LogP contribution in [0.25, 0.3) is 33.5 Å². The molecule has 0 saturated carbocycles. The first kappa shape index (κ1) is 43.2. The van der Waals surface area contributed by atoms with Crippen molar-refractivity contribution in [2.24, 2.45) is 5.92 Å². The van der Waals surface area contributed by atoms with Gasteiger partial charge in [-0.05, 0) is 112 Å². The number of likely N-dealkylation sites (tertiary alicyclic amines) is 1. The first-order chi connectivity index (χ1) is 31.7. The Kier molecular flexibility index (Phi) is 11.1. The zero-order chi connectivity index (χ0) is 45.9. The minimum atomic E-state index is -0.536. The lowest BCUT2D eigenvalue weighted by atomic mass is 9.74. The second-order valence-corrected chi connectivity index (χ2v) is 19.5. The number of amides is 4. The van der Waals surface area contributed by atoms with E-state index in [0.717, 1.165) is 86.8 Å². The Balaban J connectivity index is 0.760. The summed E-state index contributed by atoms with van der Waals surface area (Å²) in [7, 11) is 0. The highest BCUT2D eigenvalue weighted by atomic mass is 19.1. The van der Waals surface area contributed by atoms with Gasteiger partial charge in [-0.1, -0.05) is 44.1 Å². The van der Waals surface area contributed by atoms with E-state index >= 15 is 4.39 Å². The molecule has 15 nitrogen and oxygen atoms in total. The van der Waals surface area contributed by atoms with Gasteiger partial charge in [0.15, 0.2) is 5.82 Å². The second kappa shape index (κ2) is 17.0. The lowest BCUT2D eigenvalue weighted by Gasteiger charge is -2.41. The van der Waals surface area contributed by atoms with Crippen LogP contribution in [0.15, 0.2) is 71.5 Å². The number of aromatic amines is 1. The number of ether oxygens (including phenoxy) is 1. The minimum absolute atomic E-state index is 0.00606. The number of nitrogens with zero attached hydrogens (tertiary/aromatic N) is 7. The van der Waals surface area contributed by atoms with Crippen molar-refractivity contribution in [3.63, 3.8) is 0 Å². The molecule has 3 aromatic carbocycles. The van der Waals surface area contributed by atoms with Crippen LogP contribution < -0.4 is 25.2 Å². The molecule has 3 N–H and O–H groups in total. The lowest BCUT2D eigenvalue weighted by molar-refractivity contribution is -0.120. The lowest BCUT2D eigenvalue weighted by Crippen LogP contribution is -2.49. The predicted octanol–water partition coefficient (Wildman–Crippen LogP) is 8.00. The molecule has 1 spiro atoms. The number of rotatable bonds is 9. The summed E-state index contributed by atoms with van der Waals surface area (Å²) >= 11 is 0. The molecule has 4 aliphatic rings. The van der Waals surface area contributed by atoms with Crippen molar-refractivity contribution in [1.29, 1.82) is 0 Å². The van der Waals surface area contributed by atoms with Crippen LogP contribution in [-0.2, 0) is 15.6 Å². The first-order valence-electron chi connectivity index (χ1n) is 23.0. The molecule has 4 amide bonds. The minimum Gasteiger partial charge on any atom is -0.492 e. The van der Waals surface area contributed by atoms with Crippen LogP contribution >= 0.6 is 0 Å². The van der Waals surface area contributed by atoms with Crippen LogP contribution in [0.3, 0.4) is 0 Å². The molecule has 66 heavy (non-hydrogen) atoms. The summed E-state index contributed by atoms with van der Waals surface area (Å²) in [5, 5.41) is 9.90. The number of carbonyl (C=O) groups excluding carboxylic acids is 3. The van der Waals surface area contributed by atoms with Gasteiger partial charge in [-0.2, -0.15) is 4.98 Å². The van der Waals surface area contributed by atoms with Crippen molar-refractivity contribution in [3.8, 4) is 28.3 Å². The third kappa shape index (κ3) is 8.15. The zero-order valence-corrected chi connectivity index (χ0v) is 38.0. The summed E-state index contributed by atoms with van der Waals surface area (Å²) < 4.78 is 28.0. The molecule has 3 aromatic heterocycles. The van der Waals surface area contributed by atoms with Crippen LogP contribution in [0.1, 0.15) is 99.0 Å². The fourth-order valence-electron chi connectivity index (χ4n) is 10.1. The Morgan fingerprint density at radius 1 is 0.970 bits per heavy atom. The summed E-state index contributed by atoms with van der Waals surface area (Å²) in [4.78, 5) is 60.2. The van der Waals surface area contributed by atoms with Crippen LogP contribution in [0.2, 0.25) is 0 Å². The number of benzene rings is 3. The average Bonchev–Trinajstić information content (AvgIpc) is 4.07. The molecular weight excluding hydrogens is 840 g/mol. The molecule has 0 radical (unpaired) electrons. The smallest absolute Gasteiger partial charge is 0.328 e. The SMILES string of the molecule is Cc1c([C@@H](C)NC(=O)c2nc(C(C)(C)C)no2)ccc(-c2ncnc3[nH]c(-c4ccc5c(c4)OCC54CCN(CC5CCN(c6ccc(N7CCC(=O)NC7=O)cc6)CC5)CC4)cc23)c1F. The van der Waals surface area contributed by atoms with Crippen molar-refractivity contribution in [3.05, 3.63) is 101 Å². The van der Waals surface area contributed by atoms with E-state index in [2.05, 4.69) is 75.9 Å². The van der Waals surface area contributed by atoms with Gasteiger partial charge >= 0.3 is 17.8 Å². The van der Waals surface area contributed by atoms with Crippen molar-refractivity contribution in [2.75, 3.05) is 55.7 Å². The maximum absolute atomic E-state index is 16.3. The van der Waals surface area contributed by atoms with E-state index < -0.39 is 17.8 Å². The number of nitrogens with one attached hydrogen (secondary N) is 3. The fraction of sp³-hybridized carbons (Fsp3) is 0.420. The fourth-order valence-corrected chi connectivity index (χ4v) is 10.1. The monoisotopic (exact) mass is 894 g/mol. The van der Waals surface area contributed by atoms with Crippen LogP contribution in [-0.4, -0.2) is 93.7 Å². The Hall–Kier alpha value is -6.68. The molecular formula is C50H55FN10O5. The summed E-state index contributed by atoms with van der Waals surface area (Å²) in [6.07, 6.45) is 6.13. The number of piperidine rings is 2. The van der Waals surface area contributed by atoms with Crippen molar-refractivity contribution >= 4 is 40.3 Å². The number of imide groups is 1. The predicted molar refractivity (Wildman–Crippen MR) is 248 cm³/mol. The molecule has 0 bridgehead atoms. The standard InChI is InChI=1S/C50H55FN10O5/c1-29-35(30(2)54-45(63)46-57-47(58-66-46)49(3,4)5)11-12-36(42(29)51)43-37-25-39(55-44(37)53-28-52-43)32-6-13-38-40(24-32)65-27-50(38)17-22-59(23-18-50)26-31-14-19-60(20-15-31)33-7-9-34(10-8-33)61-21-16-41(62)56-48(61)64/h6-13,24-25,28,30-31H,14-23,26-27H2,1-5H3,(H,54,63)(H,52,53,55)(H,56,62,64)/t30-/m1/s1. The van der Waals surface area contributed by atoms with Gasteiger partial charge in [-0.25, -0.2) is 19.2 Å². The quantitative estimate of drug-likeness (QED) is 0.128. The van der Waals surface area contributed by atoms with Crippen molar-refractivity contribution in [1.82, 2.24) is 40.6 Å². The summed E-state index contributed by atoms with van der Waals surface area (Å²) in [5.41, 5.74) is 7.06. The van der Waals surface area contributed by atoms with Crippen LogP contribution in [0.5, 0.6) is 5.75 Å². The van der Waals surface area contributed by atoms with Gasteiger partial charge in [0, 0.05) is 82.6 Å². The van der Waals surface area contributed by atoms with E-state index in [4.69, 9.17) is 9.26 Å². The summed E-state index contributed by atoms with van der Waals surface area (Å²) in [5.74, 6) is 0.663. The number of halogens is 1. The van der Waals surface area contributed by atoms with Crippen LogP contribution in [0, 0.1) is 18.7 Å². The van der Waals surface area contributed by atoms with E-state index in [1.807, 2.05) is 45.0 Å². The van der Waals surface area contributed by atoms with Gasteiger partial charge in [0.1, 0.15) is 23.5 Å². The largest absolute Gasteiger partial charge is 0.492 e. The topological polar surface area (TPSA) is 175 Å². The normalized spacial score (nSPS) is 18.4. The molecule has 342 valence electrons. The number of hydrogen-bond acceptors (Lipinski definition) is 11. The van der Waals surface area contributed by atoms with Crippen molar-refractivity contribution < 1.29 is 28.0 Å². The van der Waals surface area contributed by atoms with Gasteiger partial charge in [-0.15, -0.1) is 0 Å². The number of fused-ring (bicyclic) bond motifs is 3. The molecule has 0 aliphatic carbocycles. The Bertz CT molecular complexity index is 2830. The molecule has 3 fully saturated rings. The molecule has 16 heteroatoms. The number of aromatic nitrogens is 5. The van der Waals surface area contributed by atoms with Gasteiger partial charge in [0.05, 0.1) is 18.3 Å². The van der Waals surface area contributed by atoms with E-state index in [-0.39, 0.29) is 28.7 Å². The van der Waals surface area contributed by atoms with Gasteiger partial charge in [-0.3, -0.25) is 19.8 Å².